The molecule has 0 bridgehead atoms. The van der Waals surface area contributed by atoms with Crippen LogP contribution in [0.1, 0.15) is 52.6 Å². The van der Waals surface area contributed by atoms with Crippen molar-refractivity contribution in [3.8, 4) is 23.5 Å². The van der Waals surface area contributed by atoms with Gasteiger partial charge in [-0.2, -0.15) is 10.2 Å². The average molecular weight is 574 g/mol. The Morgan fingerprint density at radius 3 is 2.53 bits per heavy atom. The van der Waals surface area contributed by atoms with Crippen LogP contribution in [0.25, 0.3) is 16.9 Å². The van der Waals surface area contributed by atoms with Crippen LogP contribution in [-0.4, -0.2) is 35.9 Å². The Bertz CT molecular complexity index is 1810. The summed E-state index contributed by atoms with van der Waals surface area (Å²) in [7, 11) is 5.09. The van der Waals surface area contributed by atoms with E-state index >= 15 is 0 Å². The average Bonchev–Trinajstić information content (AvgIpc) is 3.40. The van der Waals surface area contributed by atoms with Crippen LogP contribution in [0.15, 0.2) is 72.8 Å². The van der Waals surface area contributed by atoms with Gasteiger partial charge in [0.15, 0.2) is 0 Å². The molecule has 0 N–H and O–H groups in total. The smallest absolute Gasteiger partial charge is 0.236 e. The van der Waals surface area contributed by atoms with Crippen LogP contribution in [0.4, 0.5) is 5.82 Å². The van der Waals surface area contributed by atoms with E-state index in [9.17, 15) is 5.26 Å². The standard InChI is InChI=1S/C35H35N5O3/c1-23-18-29-25(20-36)12-8-14-30(29)40(23)35-37-33-28(13-9-15-31(33)42-3)34(38-35)39(21-24-10-6-5-7-11-24)22-26-16-17-27(41-2)19-32(26)43-4/h5-8,10-12,14,16-19,31H,9,13,15,21-22H2,1-4H3/t31-/m1/s1. The molecule has 0 unspecified atom stereocenters. The molecule has 2 heterocycles. The van der Waals surface area contributed by atoms with Crippen LogP contribution in [-0.2, 0) is 24.2 Å². The molecule has 1 aliphatic rings. The van der Waals surface area contributed by atoms with E-state index in [4.69, 9.17) is 24.2 Å². The van der Waals surface area contributed by atoms with Crippen LogP contribution >= 0.6 is 0 Å². The van der Waals surface area contributed by atoms with E-state index in [1.807, 2.05) is 49.4 Å². The summed E-state index contributed by atoms with van der Waals surface area (Å²) >= 11 is 0. The number of fused-ring (bicyclic) bond motifs is 2. The van der Waals surface area contributed by atoms with Crippen molar-refractivity contribution in [3.63, 3.8) is 0 Å². The van der Waals surface area contributed by atoms with Crippen molar-refractivity contribution in [2.45, 2.75) is 45.4 Å². The van der Waals surface area contributed by atoms with E-state index < -0.39 is 0 Å². The highest BCUT2D eigenvalue weighted by Crippen LogP contribution is 2.38. The van der Waals surface area contributed by atoms with Crippen molar-refractivity contribution in [1.29, 1.82) is 5.26 Å². The van der Waals surface area contributed by atoms with Crippen molar-refractivity contribution >= 4 is 16.7 Å². The van der Waals surface area contributed by atoms with Crippen molar-refractivity contribution in [2.75, 3.05) is 26.2 Å². The minimum absolute atomic E-state index is 0.129. The van der Waals surface area contributed by atoms with E-state index in [2.05, 4.69) is 45.9 Å². The Balaban J connectivity index is 1.57. The monoisotopic (exact) mass is 573 g/mol. The molecule has 0 fully saturated rings. The Morgan fingerprint density at radius 2 is 1.79 bits per heavy atom. The Kier molecular flexibility index (Phi) is 7.99. The molecule has 218 valence electrons. The molecule has 0 saturated heterocycles. The van der Waals surface area contributed by atoms with Gasteiger partial charge in [-0.05, 0) is 62.1 Å². The quantitative estimate of drug-likeness (QED) is 0.191. The van der Waals surface area contributed by atoms with Gasteiger partial charge in [0.1, 0.15) is 17.3 Å². The zero-order chi connectivity index (χ0) is 29.9. The van der Waals surface area contributed by atoms with Gasteiger partial charge >= 0.3 is 0 Å². The molecule has 0 amide bonds. The summed E-state index contributed by atoms with van der Waals surface area (Å²) in [5, 5.41) is 10.7. The predicted molar refractivity (Wildman–Crippen MR) is 167 cm³/mol. The van der Waals surface area contributed by atoms with Crippen LogP contribution < -0.4 is 14.4 Å². The molecule has 6 rings (SSSR count). The van der Waals surface area contributed by atoms with Gasteiger partial charge in [0, 0.05) is 48.5 Å². The number of nitrogens with zero attached hydrogens (tertiary/aromatic N) is 5. The summed E-state index contributed by atoms with van der Waals surface area (Å²) < 4.78 is 19.3. The number of aryl methyl sites for hydroxylation is 1. The second kappa shape index (κ2) is 12.2. The van der Waals surface area contributed by atoms with E-state index in [1.165, 1.54) is 5.56 Å². The van der Waals surface area contributed by atoms with Gasteiger partial charge in [-0.25, -0.2) is 4.98 Å². The third-order valence-corrected chi connectivity index (χ3v) is 8.21. The molecule has 0 aliphatic heterocycles. The summed E-state index contributed by atoms with van der Waals surface area (Å²) in [4.78, 5) is 12.8. The summed E-state index contributed by atoms with van der Waals surface area (Å²) in [6.07, 6.45) is 2.62. The maximum absolute atomic E-state index is 9.77. The molecule has 5 aromatic rings. The summed E-state index contributed by atoms with van der Waals surface area (Å²) in [5.74, 6) is 2.94. The first-order chi connectivity index (χ1) is 21.0. The first-order valence-corrected chi connectivity index (χ1v) is 14.5. The summed E-state index contributed by atoms with van der Waals surface area (Å²) in [6.45, 7) is 3.23. The first-order valence-electron chi connectivity index (χ1n) is 14.5. The highest BCUT2D eigenvalue weighted by Gasteiger charge is 2.30. The Hall–Kier alpha value is -4.87. The third kappa shape index (κ3) is 5.40. The molecule has 0 radical (unpaired) electrons. The highest BCUT2D eigenvalue weighted by molar-refractivity contribution is 5.88. The van der Waals surface area contributed by atoms with Gasteiger partial charge in [0.25, 0.3) is 0 Å². The van der Waals surface area contributed by atoms with E-state index in [0.29, 0.717) is 24.6 Å². The molecule has 8 nitrogen and oxygen atoms in total. The third-order valence-electron chi connectivity index (χ3n) is 8.21. The van der Waals surface area contributed by atoms with Gasteiger partial charge in [0.2, 0.25) is 5.95 Å². The van der Waals surface area contributed by atoms with Gasteiger partial charge < -0.3 is 19.1 Å². The predicted octanol–water partition coefficient (Wildman–Crippen LogP) is 6.85. The van der Waals surface area contributed by atoms with Crippen LogP contribution in [0.3, 0.4) is 0 Å². The van der Waals surface area contributed by atoms with Crippen LogP contribution in [0.2, 0.25) is 0 Å². The lowest BCUT2D eigenvalue weighted by molar-refractivity contribution is 0.0841. The van der Waals surface area contributed by atoms with Crippen LogP contribution in [0, 0.1) is 18.3 Å². The Labute approximate surface area is 252 Å². The molecular weight excluding hydrogens is 538 g/mol. The summed E-state index contributed by atoms with van der Waals surface area (Å²) in [6, 6.07) is 26.5. The largest absolute Gasteiger partial charge is 0.497 e. The zero-order valence-electron chi connectivity index (χ0n) is 25.0. The minimum atomic E-state index is -0.129. The summed E-state index contributed by atoms with van der Waals surface area (Å²) in [5.41, 5.74) is 6.71. The maximum atomic E-state index is 9.77. The van der Waals surface area contributed by atoms with Crippen LogP contribution in [0.5, 0.6) is 11.5 Å². The van der Waals surface area contributed by atoms with Crippen molar-refractivity contribution in [3.05, 3.63) is 106 Å². The molecule has 1 atom stereocenters. The molecule has 2 aromatic heterocycles. The number of anilines is 1. The highest BCUT2D eigenvalue weighted by atomic mass is 16.5. The lowest BCUT2D eigenvalue weighted by atomic mass is 9.93. The molecular formula is C35H35N5O3. The number of ether oxygens (including phenoxy) is 3. The van der Waals surface area contributed by atoms with Gasteiger partial charge in [0.05, 0.1) is 43.2 Å². The topological polar surface area (TPSA) is 85.4 Å². The zero-order valence-corrected chi connectivity index (χ0v) is 25.0. The van der Waals surface area contributed by atoms with Crippen molar-refractivity contribution in [2.24, 2.45) is 0 Å². The molecule has 8 heteroatoms. The number of hydrogen-bond donors (Lipinski definition) is 0. The number of hydrogen-bond acceptors (Lipinski definition) is 7. The molecule has 1 aliphatic carbocycles. The lowest BCUT2D eigenvalue weighted by Gasteiger charge is -2.32. The number of aromatic nitrogens is 3. The SMILES string of the molecule is COc1ccc(CN(Cc2ccccc2)c2nc(-n3c(C)cc4c(C#N)cccc43)nc3c2CCC[C@H]3OC)c(OC)c1. The molecule has 3 aromatic carbocycles. The van der Waals surface area contributed by atoms with Crippen molar-refractivity contribution in [1.82, 2.24) is 14.5 Å². The molecule has 43 heavy (non-hydrogen) atoms. The Morgan fingerprint density at radius 1 is 0.953 bits per heavy atom. The number of benzene rings is 3. The second-order valence-corrected chi connectivity index (χ2v) is 10.8. The number of methoxy groups -OCH3 is 3. The van der Waals surface area contributed by atoms with Gasteiger partial charge in [-0.1, -0.05) is 36.4 Å². The normalized spacial score (nSPS) is 14.3. The van der Waals surface area contributed by atoms with Crippen molar-refractivity contribution < 1.29 is 14.2 Å². The van der Waals surface area contributed by atoms with E-state index in [1.54, 1.807) is 21.3 Å². The lowest BCUT2D eigenvalue weighted by Crippen LogP contribution is -2.28. The molecule has 0 spiro atoms. The second-order valence-electron chi connectivity index (χ2n) is 10.8. The van der Waals surface area contributed by atoms with Gasteiger partial charge in [-0.3, -0.25) is 4.57 Å². The molecule has 0 saturated carbocycles. The fourth-order valence-corrected chi connectivity index (χ4v) is 6.10. The first kappa shape index (κ1) is 28.3. The number of rotatable bonds is 9. The fourth-order valence-electron chi connectivity index (χ4n) is 6.10. The minimum Gasteiger partial charge on any atom is -0.497 e. The maximum Gasteiger partial charge on any atom is 0.236 e. The fraction of sp³-hybridized carbons (Fsp3) is 0.286. The van der Waals surface area contributed by atoms with E-state index in [-0.39, 0.29) is 6.10 Å². The number of nitriles is 1. The van der Waals surface area contributed by atoms with E-state index in [0.717, 1.165) is 70.0 Å². The van der Waals surface area contributed by atoms with Gasteiger partial charge in [-0.15, -0.1) is 0 Å².